The van der Waals surface area contributed by atoms with E-state index >= 15 is 0 Å². The lowest BCUT2D eigenvalue weighted by Crippen LogP contribution is -2.24. The van der Waals surface area contributed by atoms with E-state index in [1.807, 2.05) is 6.07 Å². The highest BCUT2D eigenvalue weighted by Gasteiger charge is 2.16. The van der Waals surface area contributed by atoms with Crippen molar-refractivity contribution >= 4 is 45.3 Å². The van der Waals surface area contributed by atoms with Crippen molar-refractivity contribution in [2.24, 2.45) is 0 Å². The monoisotopic (exact) mass is 421 g/mol. The minimum absolute atomic E-state index is 0.0219. The molecular weight excluding hydrogens is 410 g/mol. The van der Waals surface area contributed by atoms with Crippen LogP contribution in [0.15, 0.2) is 58.2 Å². The maximum absolute atomic E-state index is 13.0. The van der Waals surface area contributed by atoms with Gasteiger partial charge in [-0.05, 0) is 24.3 Å². The van der Waals surface area contributed by atoms with Crippen LogP contribution in [0.4, 0.5) is 5.13 Å². The molecule has 1 N–H and O–H groups in total. The van der Waals surface area contributed by atoms with Crippen LogP contribution in [0.25, 0.3) is 16.9 Å². The Morgan fingerprint density at radius 2 is 1.97 bits per heavy atom. The van der Waals surface area contributed by atoms with Crippen LogP contribution in [0, 0.1) is 11.3 Å². The molecule has 9 nitrogen and oxygen atoms in total. The Balaban J connectivity index is 1.72. The molecule has 3 aromatic heterocycles. The molecule has 4 rings (SSSR count). The van der Waals surface area contributed by atoms with Gasteiger partial charge in [-0.1, -0.05) is 11.8 Å². The Hall–Kier alpha value is -3.62. The van der Waals surface area contributed by atoms with Gasteiger partial charge in [0.15, 0.2) is 21.5 Å². The summed E-state index contributed by atoms with van der Waals surface area (Å²) >= 11 is 2.41. The van der Waals surface area contributed by atoms with Crippen molar-refractivity contribution in [3.63, 3.8) is 0 Å². The van der Waals surface area contributed by atoms with Crippen molar-refractivity contribution < 1.29 is 4.79 Å². The van der Waals surface area contributed by atoms with E-state index in [1.165, 1.54) is 28.3 Å². The molecular formula is C18H11N7O2S2. The first-order valence-corrected chi connectivity index (χ1v) is 10.1. The van der Waals surface area contributed by atoms with Gasteiger partial charge in [-0.25, -0.2) is 19.9 Å². The van der Waals surface area contributed by atoms with Crippen LogP contribution >= 0.6 is 23.1 Å². The lowest BCUT2D eigenvalue weighted by molar-refractivity contribution is -0.113. The lowest BCUT2D eigenvalue weighted by Gasteiger charge is -2.12. The molecule has 1 amide bonds. The zero-order chi connectivity index (χ0) is 20.2. The van der Waals surface area contributed by atoms with Gasteiger partial charge in [0.2, 0.25) is 5.91 Å². The van der Waals surface area contributed by atoms with Gasteiger partial charge in [0.1, 0.15) is 0 Å². The van der Waals surface area contributed by atoms with Gasteiger partial charge in [-0.2, -0.15) is 5.26 Å². The number of anilines is 1. The highest BCUT2D eigenvalue weighted by Crippen LogP contribution is 2.21. The van der Waals surface area contributed by atoms with E-state index in [9.17, 15) is 9.59 Å². The van der Waals surface area contributed by atoms with Crippen LogP contribution in [0.3, 0.4) is 0 Å². The molecule has 142 valence electrons. The summed E-state index contributed by atoms with van der Waals surface area (Å²) in [4.78, 5) is 41.9. The maximum Gasteiger partial charge on any atom is 0.286 e. The first-order chi connectivity index (χ1) is 14.2. The van der Waals surface area contributed by atoms with Gasteiger partial charge in [0, 0.05) is 24.0 Å². The van der Waals surface area contributed by atoms with E-state index in [0.717, 1.165) is 11.8 Å². The molecule has 0 aliphatic heterocycles. The number of benzene rings is 1. The Bertz CT molecular complexity index is 1280. The molecule has 1 aromatic carbocycles. The van der Waals surface area contributed by atoms with Crippen LogP contribution in [0.1, 0.15) is 5.56 Å². The average molecular weight is 421 g/mol. The van der Waals surface area contributed by atoms with E-state index in [-0.39, 0.29) is 22.8 Å². The van der Waals surface area contributed by atoms with Gasteiger partial charge in [0.05, 0.1) is 23.1 Å². The van der Waals surface area contributed by atoms with Gasteiger partial charge >= 0.3 is 0 Å². The Morgan fingerprint density at radius 1 is 1.17 bits per heavy atom. The summed E-state index contributed by atoms with van der Waals surface area (Å²) in [6, 6.07) is 8.53. The van der Waals surface area contributed by atoms with Crippen LogP contribution in [-0.4, -0.2) is 36.2 Å². The summed E-state index contributed by atoms with van der Waals surface area (Å²) in [6.07, 6.45) is 4.47. The fraction of sp³-hybridized carbons (Fsp3) is 0.0556. The molecule has 0 atom stereocenters. The summed E-state index contributed by atoms with van der Waals surface area (Å²) in [5, 5.41) is 14.2. The van der Waals surface area contributed by atoms with Crippen LogP contribution in [0.5, 0.6) is 0 Å². The van der Waals surface area contributed by atoms with Crippen LogP contribution in [0.2, 0.25) is 0 Å². The number of thiazole rings is 1. The number of carbonyl (C=O) groups is 1. The predicted octanol–water partition coefficient (Wildman–Crippen LogP) is 2.23. The second-order valence-electron chi connectivity index (χ2n) is 5.60. The third-order valence-electron chi connectivity index (χ3n) is 3.74. The molecule has 29 heavy (non-hydrogen) atoms. The average Bonchev–Trinajstić information content (AvgIpc) is 3.25. The smallest absolute Gasteiger partial charge is 0.286 e. The van der Waals surface area contributed by atoms with Gasteiger partial charge in [-0.15, -0.1) is 11.3 Å². The normalized spacial score (nSPS) is 10.6. The zero-order valence-electron chi connectivity index (χ0n) is 14.6. The van der Waals surface area contributed by atoms with E-state index < -0.39 is 5.56 Å². The highest BCUT2D eigenvalue weighted by molar-refractivity contribution is 7.99. The molecule has 11 heteroatoms. The number of fused-ring (bicyclic) bond motifs is 1. The maximum atomic E-state index is 13.0. The van der Waals surface area contributed by atoms with Crippen LogP contribution < -0.4 is 10.9 Å². The fourth-order valence-electron chi connectivity index (χ4n) is 2.48. The predicted molar refractivity (Wildman–Crippen MR) is 109 cm³/mol. The third-order valence-corrected chi connectivity index (χ3v) is 5.37. The van der Waals surface area contributed by atoms with E-state index in [4.69, 9.17) is 5.26 Å². The van der Waals surface area contributed by atoms with E-state index in [0.29, 0.717) is 21.5 Å². The quantitative estimate of drug-likeness (QED) is 0.384. The Morgan fingerprint density at radius 3 is 2.69 bits per heavy atom. The summed E-state index contributed by atoms with van der Waals surface area (Å²) in [7, 11) is 0. The molecule has 0 aliphatic carbocycles. The van der Waals surface area contributed by atoms with Crippen molar-refractivity contribution in [3.05, 3.63) is 64.2 Å². The molecule has 0 fully saturated rings. The number of aromatic nitrogens is 5. The minimum atomic E-state index is -0.407. The fourth-order valence-corrected chi connectivity index (χ4v) is 3.82. The van der Waals surface area contributed by atoms with Gasteiger partial charge in [-0.3, -0.25) is 14.2 Å². The molecule has 0 aliphatic rings. The molecule has 3 heterocycles. The second kappa shape index (κ2) is 8.17. The number of nitriles is 1. The number of hydrogen-bond donors (Lipinski definition) is 1. The number of carbonyl (C=O) groups excluding carboxylic acids is 1. The number of amides is 1. The molecule has 0 saturated carbocycles. The number of nitrogens with zero attached hydrogens (tertiary/aromatic N) is 6. The summed E-state index contributed by atoms with van der Waals surface area (Å²) < 4.78 is 1.36. The first kappa shape index (κ1) is 18.7. The SMILES string of the molecule is N#Cc1ccc(-n2c(SCC(=O)Nc3nccs3)nc3nccnc3c2=O)cc1. The topological polar surface area (TPSA) is 126 Å². The standard InChI is InChI=1S/C18H11N7O2S2/c19-9-11-1-3-12(4-2-11)25-16(27)14-15(21-6-5-20-14)24-18(25)29-10-13(26)23-17-22-7-8-28-17/h1-8H,10H2,(H,22,23,26). The highest BCUT2D eigenvalue weighted by atomic mass is 32.2. The van der Waals surface area contributed by atoms with Crippen molar-refractivity contribution in [2.75, 3.05) is 11.1 Å². The van der Waals surface area contributed by atoms with Crippen molar-refractivity contribution in [3.8, 4) is 11.8 Å². The second-order valence-corrected chi connectivity index (χ2v) is 7.43. The number of rotatable bonds is 5. The van der Waals surface area contributed by atoms with Crippen molar-refractivity contribution in [1.29, 1.82) is 5.26 Å². The van der Waals surface area contributed by atoms with Gasteiger partial charge in [0.25, 0.3) is 5.56 Å². The molecule has 4 aromatic rings. The number of thioether (sulfide) groups is 1. The Kier molecular flexibility index (Phi) is 5.28. The van der Waals surface area contributed by atoms with Crippen LogP contribution in [-0.2, 0) is 4.79 Å². The summed E-state index contributed by atoms with van der Waals surface area (Å²) in [5.41, 5.74) is 0.888. The molecule has 0 bridgehead atoms. The zero-order valence-corrected chi connectivity index (χ0v) is 16.3. The number of nitrogens with one attached hydrogen (secondary N) is 1. The summed E-state index contributed by atoms with van der Waals surface area (Å²) in [6.45, 7) is 0. The minimum Gasteiger partial charge on any atom is -0.301 e. The van der Waals surface area contributed by atoms with Crippen molar-refractivity contribution in [2.45, 2.75) is 5.16 Å². The molecule has 0 spiro atoms. The van der Waals surface area contributed by atoms with Gasteiger partial charge < -0.3 is 5.32 Å². The summed E-state index contributed by atoms with van der Waals surface area (Å²) in [5.74, 6) is -0.251. The lowest BCUT2D eigenvalue weighted by atomic mass is 10.2. The van der Waals surface area contributed by atoms with Crippen molar-refractivity contribution in [1.82, 2.24) is 24.5 Å². The third kappa shape index (κ3) is 3.98. The van der Waals surface area contributed by atoms with E-state index in [1.54, 1.807) is 35.8 Å². The first-order valence-electron chi connectivity index (χ1n) is 8.22. The molecule has 0 saturated heterocycles. The number of hydrogen-bond acceptors (Lipinski definition) is 9. The largest absolute Gasteiger partial charge is 0.301 e. The molecule has 0 radical (unpaired) electrons. The molecule has 0 unspecified atom stereocenters. The van der Waals surface area contributed by atoms with E-state index in [2.05, 4.69) is 25.3 Å². The Labute approximate surface area is 172 Å².